The second-order valence-corrected chi connectivity index (χ2v) is 3.51. The molecule has 1 atom stereocenters. The summed E-state index contributed by atoms with van der Waals surface area (Å²) in [5.41, 5.74) is 2.41. The van der Waals surface area contributed by atoms with Gasteiger partial charge in [-0.05, 0) is 30.7 Å². The van der Waals surface area contributed by atoms with Gasteiger partial charge in [-0.25, -0.2) is 0 Å². The van der Waals surface area contributed by atoms with Crippen LogP contribution in [0.2, 0.25) is 0 Å². The van der Waals surface area contributed by atoms with Gasteiger partial charge in [-0.2, -0.15) is 0 Å². The van der Waals surface area contributed by atoms with Crippen molar-refractivity contribution in [3.63, 3.8) is 0 Å². The first-order chi connectivity index (χ1) is 7.36. The number of rotatable bonds is 4. The Kier molecular flexibility index (Phi) is 3.15. The summed E-state index contributed by atoms with van der Waals surface area (Å²) in [5, 5.41) is 3.41. The minimum Gasteiger partial charge on any atom is -0.472 e. The Bertz CT molecular complexity index is 383. The van der Waals surface area contributed by atoms with E-state index in [1.165, 1.54) is 5.56 Å². The summed E-state index contributed by atoms with van der Waals surface area (Å²) in [6, 6.07) is 6.33. The summed E-state index contributed by atoms with van der Waals surface area (Å²) in [7, 11) is 0. The summed E-state index contributed by atoms with van der Waals surface area (Å²) in [5.74, 6) is 0. The Morgan fingerprint density at radius 1 is 1.33 bits per heavy atom. The van der Waals surface area contributed by atoms with Crippen LogP contribution in [0.3, 0.4) is 0 Å². The van der Waals surface area contributed by atoms with E-state index in [0.29, 0.717) is 6.04 Å². The molecule has 2 aromatic rings. The quantitative estimate of drug-likeness (QED) is 0.827. The first kappa shape index (κ1) is 9.93. The predicted octanol–water partition coefficient (Wildman–Crippen LogP) is 2.53. The molecular weight excluding hydrogens is 188 g/mol. The van der Waals surface area contributed by atoms with Crippen LogP contribution in [0, 0.1) is 0 Å². The van der Waals surface area contributed by atoms with E-state index in [2.05, 4.69) is 17.2 Å². The van der Waals surface area contributed by atoms with Crippen molar-refractivity contribution in [1.29, 1.82) is 0 Å². The predicted molar refractivity (Wildman–Crippen MR) is 58.2 cm³/mol. The molecule has 0 saturated heterocycles. The van der Waals surface area contributed by atoms with E-state index in [-0.39, 0.29) is 0 Å². The summed E-state index contributed by atoms with van der Waals surface area (Å²) >= 11 is 0. The van der Waals surface area contributed by atoms with Gasteiger partial charge >= 0.3 is 0 Å². The molecule has 0 saturated carbocycles. The van der Waals surface area contributed by atoms with Crippen molar-refractivity contribution in [2.45, 2.75) is 19.5 Å². The zero-order valence-corrected chi connectivity index (χ0v) is 8.68. The Morgan fingerprint density at radius 3 is 2.80 bits per heavy atom. The highest BCUT2D eigenvalue weighted by Gasteiger charge is 2.03. The van der Waals surface area contributed by atoms with Gasteiger partial charge in [0.05, 0.1) is 12.5 Å². The summed E-state index contributed by atoms with van der Waals surface area (Å²) < 4.78 is 5.00. The monoisotopic (exact) mass is 202 g/mol. The normalized spacial score (nSPS) is 12.6. The van der Waals surface area contributed by atoms with E-state index in [4.69, 9.17) is 4.42 Å². The molecule has 0 unspecified atom stereocenters. The number of pyridine rings is 1. The lowest BCUT2D eigenvalue weighted by Gasteiger charge is -2.12. The second kappa shape index (κ2) is 4.75. The molecule has 0 amide bonds. The smallest absolute Gasteiger partial charge is 0.0947 e. The van der Waals surface area contributed by atoms with E-state index in [1.54, 1.807) is 12.5 Å². The van der Waals surface area contributed by atoms with E-state index < -0.39 is 0 Å². The van der Waals surface area contributed by atoms with Gasteiger partial charge in [0.15, 0.2) is 0 Å². The number of hydrogen-bond donors (Lipinski definition) is 1. The average molecular weight is 202 g/mol. The Balaban J connectivity index is 1.90. The Morgan fingerprint density at radius 2 is 2.13 bits per heavy atom. The molecule has 1 N–H and O–H groups in total. The standard InChI is InChI=1S/C12H14N2O/c1-10(12-2-5-13-6-3-12)14-8-11-4-7-15-9-11/h2-7,9-10,14H,8H2,1H3/t10-/m1/s1. The van der Waals surface area contributed by atoms with Crippen LogP contribution in [0.4, 0.5) is 0 Å². The topological polar surface area (TPSA) is 38.1 Å². The minimum atomic E-state index is 0.322. The Labute approximate surface area is 89.1 Å². The molecule has 0 aromatic carbocycles. The van der Waals surface area contributed by atoms with Gasteiger partial charge in [0.25, 0.3) is 0 Å². The fourth-order valence-corrected chi connectivity index (χ4v) is 1.43. The molecule has 2 aromatic heterocycles. The number of hydrogen-bond acceptors (Lipinski definition) is 3. The molecule has 0 aliphatic rings. The molecule has 3 heteroatoms. The van der Waals surface area contributed by atoms with E-state index in [1.807, 2.05) is 30.6 Å². The van der Waals surface area contributed by atoms with E-state index >= 15 is 0 Å². The van der Waals surface area contributed by atoms with Crippen molar-refractivity contribution in [2.24, 2.45) is 0 Å². The molecule has 78 valence electrons. The fraction of sp³-hybridized carbons (Fsp3) is 0.250. The lowest BCUT2D eigenvalue weighted by atomic mass is 10.1. The van der Waals surface area contributed by atoms with Crippen molar-refractivity contribution in [3.8, 4) is 0 Å². The highest BCUT2D eigenvalue weighted by molar-refractivity contribution is 5.14. The average Bonchev–Trinajstić information content (AvgIpc) is 2.80. The summed E-state index contributed by atoms with van der Waals surface area (Å²) in [6.07, 6.45) is 7.07. The van der Waals surface area contributed by atoms with Crippen LogP contribution in [-0.2, 0) is 6.54 Å². The molecule has 0 fully saturated rings. The number of aromatic nitrogens is 1. The van der Waals surface area contributed by atoms with Gasteiger partial charge in [0.1, 0.15) is 0 Å². The fourth-order valence-electron chi connectivity index (χ4n) is 1.43. The first-order valence-corrected chi connectivity index (χ1v) is 5.00. The lowest BCUT2D eigenvalue weighted by Crippen LogP contribution is -2.17. The molecule has 0 radical (unpaired) electrons. The lowest BCUT2D eigenvalue weighted by molar-refractivity contribution is 0.546. The summed E-state index contributed by atoms with van der Waals surface area (Å²) in [6.45, 7) is 2.95. The molecule has 0 bridgehead atoms. The maximum Gasteiger partial charge on any atom is 0.0947 e. The van der Waals surface area contributed by atoms with Crippen LogP contribution < -0.4 is 5.32 Å². The van der Waals surface area contributed by atoms with Crippen LogP contribution in [0.5, 0.6) is 0 Å². The largest absolute Gasteiger partial charge is 0.472 e. The SMILES string of the molecule is C[C@@H](NCc1ccoc1)c1ccncc1. The van der Waals surface area contributed by atoms with Crippen molar-refractivity contribution in [1.82, 2.24) is 10.3 Å². The second-order valence-electron chi connectivity index (χ2n) is 3.51. The van der Waals surface area contributed by atoms with E-state index in [0.717, 1.165) is 12.1 Å². The zero-order valence-electron chi connectivity index (χ0n) is 8.68. The van der Waals surface area contributed by atoms with Crippen molar-refractivity contribution >= 4 is 0 Å². The third kappa shape index (κ3) is 2.67. The minimum absolute atomic E-state index is 0.322. The highest BCUT2D eigenvalue weighted by atomic mass is 16.3. The van der Waals surface area contributed by atoms with Crippen LogP contribution >= 0.6 is 0 Å². The highest BCUT2D eigenvalue weighted by Crippen LogP contribution is 2.11. The van der Waals surface area contributed by atoms with Crippen LogP contribution in [0.25, 0.3) is 0 Å². The van der Waals surface area contributed by atoms with Gasteiger partial charge in [0.2, 0.25) is 0 Å². The van der Waals surface area contributed by atoms with Crippen molar-refractivity contribution < 1.29 is 4.42 Å². The van der Waals surface area contributed by atoms with Crippen LogP contribution in [-0.4, -0.2) is 4.98 Å². The Hall–Kier alpha value is -1.61. The van der Waals surface area contributed by atoms with Crippen molar-refractivity contribution in [2.75, 3.05) is 0 Å². The molecular formula is C12H14N2O. The van der Waals surface area contributed by atoms with Gasteiger partial charge in [-0.15, -0.1) is 0 Å². The van der Waals surface area contributed by atoms with Crippen LogP contribution in [0.15, 0.2) is 47.5 Å². The van der Waals surface area contributed by atoms with Crippen LogP contribution in [0.1, 0.15) is 24.1 Å². The molecule has 0 spiro atoms. The van der Waals surface area contributed by atoms with Crippen molar-refractivity contribution in [3.05, 3.63) is 54.2 Å². The molecule has 2 heterocycles. The van der Waals surface area contributed by atoms with Gasteiger partial charge in [0, 0.05) is 30.5 Å². The number of nitrogens with zero attached hydrogens (tertiary/aromatic N) is 1. The first-order valence-electron chi connectivity index (χ1n) is 5.00. The molecule has 0 aliphatic carbocycles. The maximum atomic E-state index is 5.00. The van der Waals surface area contributed by atoms with E-state index in [9.17, 15) is 0 Å². The molecule has 2 rings (SSSR count). The van der Waals surface area contributed by atoms with Gasteiger partial charge in [-0.1, -0.05) is 0 Å². The third-order valence-corrected chi connectivity index (χ3v) is 2.40. The molecule has 15 heavy (non-hydrogen) atoms. The maximum absolute atomic E-state index is 5.00. The molecule has 3 nitrogen and oxygen atoms in total. The number of furan rings is 1. The number of nitrogens with one attached hydrogen (secondary N) is 1. The molecule has 0 aliphatic heterocycles. The summed E-state index contributed by atoms with van der Waals surface area (Å²) in [4.78, 5) is 4.00. The van der Waals surface area contributed by atoms with Gasteiger partial charge in [-0.3, -0.25) is 4.98 Å². The zero-order chi connectivity index (χ0) is 10.5. The third-order valence-electron chi connectivity index (χ3n) is 2.40. The van der Waals surface area contributed by atoms with Gasteiger partial charge < -0.3 is 9.73 Å².